The highest BCUT2D eigenvalue weighted by Gasteiger charge is 2.26. The van der Waals surface area contributed by atoms with E-state index in [2.05, 4.69) is 27.8 Å². The molecule has 1 saturated heterocycles. The minimum atomic E-state index is -2.94. The molecule has 2 heterocycles. The lowest BCUT2D eigenvalue weighted by Crippen LogP contribution is -2.34. The molecule has 114 valence electrons. The summed E-state index contributed by atoms with van der Waals surface area (Å²) in [6.45, 7) is 4.93. The van der Waals surface area contributed by atoms with Gasteiger partial charge in [0.05, 0.1) is 17.5 Å². The van der Waals surface area contributed by atoms with Crippen molar-refractivity contribution in [1.82, 2.24) is 15.5 Å². The van der Waals surface area contributed by atoms with Gasteiger partial charge in [-0.3, -0.25) is 0 Å². The number of rotatable bonds is 6. The Morgan fingerprint density at radius 2 is 2.25 bits per heavy atom. The van der Waals surface area contributed by atoms with Gasteiger partial charge in [-0.05, 0) is 32.7 Å². The second-order valence-corrected chi connectivity index (χ2v) is 7.45. The number of nitrogens with zero attached hydrogens (tertiary/aromatic N) is 2. The molecule has 2 rings (SSSR count). The van der Waals surface area contributed by atoms with Crippen LogP contribution in [0, 0.1) is 0 Å². The van der Waals surface area contributed by atoms with Crippen LogP contribution in [0.15, 0.2) is 4.42 Å². The van der Waals surface area contributed by atoms with Gasteiger partial charge < -0.3 is 15.1 Å². The molecule has 2 unspecified atom stereocenters. The molecule has 0 aliphatic carbocycles. The second-order valence-electron chi connectivity index (χ2n) is 5.22. The standard InChI is InChI=1S/C12H22N4O3S/c1-3-6-13-9(2)11-15-16-12(19-11)14-10-5-4-7-20(17,18)8-10/h9-10,13H,3-8H2,1-2H3,(H,14,16). The number of hydrogen-bond donors (Lipinski definition) is 2. The Kier molecular flexibility index (Phi) is 4.98. The molecule has 1 aromatic rings. The summed E-state index contributed by atoms with van der Waals surface area (Å²) in [6, 6.07) is 0.154. The minimum Gasteiger partial charge on any atom is -0.406 e. The SMILES string of the molecule is CCCNC(C)c1nnc(NC2CCCS(=O)(=O)C2)o1. The van der Waals surface area contributed by atoms with Gasteiger partial charge in [-0.2, -0.15) is 0 Å². The van der Waals surface area contributed by atoms with E-state index in [9.17, 15) is 8.42 Å². The quantitative estimate of drug-likeness (QED) is 0.812. The number of anilines is 1. The first kappa shape index (κ1) is 15.2. The smallest absolute Gasteiger partial charge is 0.315 e. The van der Waals surface area contributed by atoms with Gasteiger partial charge >= 0.3 is 6.01 Å². The highest BCUT2D eigenvalue weighted by molar-refractivity contribution is 7.91. The molecule has 0 bridgehead atoms. The molecule has 0 aromatic carbocycles. The van der Waals surface area contributed by atoms with Crippen LogP contribution in [0.5, 0.6) is 0 Å². The maximum atomic E-state index is 11.6. The zero-order valence-electron chi connectivity index (χ0n) is 11.9. The molecule has 1 aromatic heterocycles. The zero-order valence-corrected chi connectivity index (χ0v) is 12.7. The molecule has 7 nitrogen and oxygen atoms in total. The average molecular weight is 302 g/mol. The molecule has 2 atom stereocenters. The molecule has 0 saturated carbocycles. The number of aromatic nitrogens is 2. The van der Waals surface area contributed by atoms with Gasteiger partial charge in [0.15, 0.2) is 9.84 Å². The van der Waals surface area contributed by atoms with Crippen molar-refractivity contribution in [3.05, 3.63) is 5.89 Å². The number of nitrogens with one attached hydrogen (secondary N) is 2. The Hall–Kier alpha value is -1.15. The van der Waals surface area contributed by atoms with E-state index in [1.54, 1.807) is 0 Å². The summed E-state index contributed by atoms with van der Waals surface area (Å²) in [4.78, 5) is 0. The molecule has 8 heteroatoms. The van der Waals surface area contributed by atoms with Crippen LogP contribution in [0.4, 0.5) is 6.01 Å². The molecular weight excluding hydrogens is 280 g/mol. The van der Waals surface area contributed by atoms with Gasteiger partial charge in [-0.15, -0.1) is 5.10 Å². The Bertz CT molecular complexity index is 529. The highest BCUT2D eigenvalue weighted by Crippen LogP contribution is 2.18. The van der Waals surface area contributed by atoms with Crippen molar-refractivity contribution < 1.29 is 12.8 Å². The third-order valence-electron chi connectivity index (χ3n) is 3.30. The summed E-state index contributed by atoms with van der Waals surface area (Å²) in [5, 5.41) is 14.2. The second kappa shape index (κ2) is 6.53. The van der Waals surface area contributed by atoms with Crippen molar-refractivity contribution in [2.45, 2.75) is 45.2 Å². The fraction of sp³-hybridized carbons (Fsp3) is 0.833. The van der Waals surface area contributed by atoms with Crippen LogP contribution in [0.2, 0.25) is 0 Å². The van der Waals surface area contributed by atoms with Crippen LogP contribution in [0.25, 0.3) is 0 Å². The summed E-state index contributed by atoms with van der Waals surface area (Å²) in [5.74, 6) is 0.923. The zero-order chi connectivity index (χ0) is 14.6. The largest absolute Gasteiger partial charge is 0.406 e. The van der Waals surface area contributed by atoms with Gasteiger partial charge in [0, 0.05) is 6.04 Å². The van der Waals surface area contributed by atoms with Crippen LogP contribution in [-0.4, -0.2) is 42.7 Å². The van der Waals surface area contributed by atoms with Crippen molar-refractivity contribution in [2.75, 3.05) is 23.4 Å². The number of sulfone groups is 1. The maximum Gasteiger partial charge on any atom is 0.315 e. The van der Waals surface area contributed by atoms with Gasteiger partial charge in [-0.1, -0.05) is 12.0 Å². The molecule has 1 aliphatic rings. The molecular formula is C12H22N4O3S. The monoisotopic (exact) mass is 302 g/mol. The average Bonchev–Trinajstić information content (AvgIpc) is 2.83. The number of hydrogen-bond acceptors (Lipinski definition) is 7. The Morgan fingerprint density at radius 1 is 1.45 bits per heavy atom. The Morgan fingerprint density at radius 3 is 2.95 bits per heavy atom. The lowest BCUT2D eigenvalue weighted by molar-refractivity contribution is 0.420. The van der Waals surface area contributed by atoms with Crippen molar-refractivity contribution in [2.24, 2.45) is 0 Å². The van der Waals surface area contributed by atoms with Gasteiger partial charge in [0.2, 0.25) is 5.89 Å². The highest BCUT2D eigenvalue weighted by atomic mass is 32.2. The Balaban J connectivity index is 1.92. The molecule has 0 radical (unpaired) electrons. The summed E-state index contributed by atoms with van der Waals surface area (Å²) >= 11 is 0. The van der Waals surface area contributed by atoms with Crippen LogP contribution >= 0.6 is 0 Å². The Labute approximate surface area is 119 Å². The molecule has 0 spiro atoms. The predicted octanol–water partition coefficient (Wildman–Crippen LogP) is 1.12. The summed E-state index contributed by atoms with van der Waals surface area (Å²) in [6.07, 6.45) is 2.51. The summed E-state index contributed by atoms with van der Waals surface area (Å²) < 4.78 is 28.7. The fourth-order valence-electron chi connectivity index (χ4n) is 2.23. The summed E-state index contributed by atoms with van der Waals surface area (Å²) in [7, 11) is -2.94. The van der Waals surface area contributed by atoms with Crippen LogP contribution in [0.3, 0.4) is 0 Å². The molecule has 1 aliphatic heterocycles. The fourth-order valence-corrected chi connectivity index (χ4v) is 3.86. The molecule has 0 amide bonds. The van der Waals surface area contributed by atoms with Gasteiger partial charge in [0.25, 0.3) is 0 Å². The van der Waals surface area contributed by atoms with Gasteiger partial charge in [0.1, 0.15) is 0 Å². The van der Waals surface area contributed by atoms with E-state index >= 15 is 0 Å². The van der Waals surface area contributed by atoms with E-state index in [0.717, 1.165) is 19.4 Å². The lowest BCUT2D eigenvalue weighted by atomic mass is 10.2. The molecule has 20 heavy (non-hydrogen) atoms. The minimum absolute atomic E-state index is 0.00640. The van der Waals surface area contributed by atoms with Crippen LogP contribution in [0.1, 0.15) is 45.0 Å². The first-order chi connectivity index (χ1) is 9.50. The van der Waals surface area contributed by atoms with E-state index < -0.39 is 9.84 Å². The van der Waals surface area contributed by atoms with E-state index in [1.807, 2.05) is 6.92 Å². The van der Waals surface area contributed by atoms with E-state index in [-0.39, 0.29) is 23.6 Å². The van der Waals surface area contributed by atoms with Crippen LogP contribution < -0.4 is 10.6 Å². The van der Waals surface area contributed by atoms with Gasteiger partial charge in [-0.25, -0.2) is 8.42 Å². The van der Waals surface area contributed by atoms with E-state index in [0.29, 0.717) is 18.3 Å². The van der Waals surface area contributed by atoms with E-state index in [1.165, 1.54) is 0 Å². The third-order valence-corrected chi connectivity index (χ3v) is 5.12. The van der Waals surface area contributed by atoms with Crippen LogP contribution in [-0.2, 0) is 9.84 Å². The molecule has 1 fully saturated rings. The van der Waals surface area contributed by atoms with Crippen molar-refractivity contribution in [3.63, 3.8) is 0 Å². The van der Waals surface area contributed by atoms with Crippen molar-refractivity contribution in [1.29, 1.82) is 0 Å². The van der Waals surface area contributed by atoms with Crippen molar-refractivity contribution in [3.8, 4) is 0 Å². The first-order valence-corrected chi connectivity index (χ1v) is 8.86. The topological polar surface area (TPSA) is 97.1 Å². The molecule has 2 N–H and O–H groups in total. The lowest BCUT2D eigenvalue weighted by Gasteiger charge is -2.21. The first-order valence-electron chi connectivity index (χ1n) is 7.04. The van der Waals surface area contributed by atoms with E-state index in [4.69, 9.17) is 4.42 Å². The predicted molar refractivity (Wildman–Crippen MR) is 76.3 cm³/mol. The third kappa shape index (κ3) is 4.17. The van der Waals surface area contributed by atoms with Crippen molar-refractivity contribution >= 4 is 15.9 Å². The maximum absolute atomic E-state index is 11.6. The normalized spacial score (nSPS) is 23.4. The summed E-state index contributed by atoms with van der Waals surface area (Å²) in [5.41, 5.74) is 0.